The van der Waals surface area contributed by atoms with Crippen LogP contribution in [0.1, 0.15) is 36.5 Å². The molecular formula is C18H23N3O3. The fraction of sp³-hybridized carbons (Fsp3) is 0.556. The van der Waals surface area contributed by atoms with Gasteiger partial charge in [-0.3, -0.25) is 0 Å². The summed E-state index contributed by atoms with van der Waals surface area (Å²) in [7, 11) is 0. The minimum atomic E-state index is -0.362. The van der Waals surface area contributed by atoms with Crippen molar-refractivity contribution in [1.29, 1.82) is 0 Å². The van der Waals surface area contributed by atoms with Crippen molar-refractivity contribution in [3.8, 4) is 0 Å². The van der Waals surface area contributed by atoms with Crippen LogP contribution in [0.4, 0.5) is 5.69 Å². The second-order valence-electron chi connectivity index (χ2n) is 6.86. The Bertz CT molecular complexity index is 757. The van der Waals surface area contributed by atoms with E-state index in [2.05, 4.69) is 15.3 Å². The first-order valence-electron chi connectivity index (χ1n) is 8.73. The molecule has 2 aliphatic rings. The highest BCUT2D eigenvalue weighted by Gasteiger charge is 2.47. The zero-order chi connectivity index (χ0) is 16.7. The molecule has 0 aliphatic heterocycles. The van der Waals surface area contributed by atoms with E-state index in [4.69, 9.17) is 4.74 Å². The number of carbonyl (C=O) groups excluding carboxylic acids is 1. The van der Waals surface area contributed by atoms with Gasteiger partial charge in [0, 0.05) is 36.3 Å². The minimum Gasteiger partial charge on any atom is -0.462 e. The molecule has 0 saturated heterocycles. The normalized spacial score (nSPS) is 28.4. The van der Waals surface area contributed by atoms with Gasteiger partial charge < -0.3 is 20.1 Å². The quantitative estimate of drug-likeness (QED) is 0.734. The molecule has 4 atom stereocenters. The molecule has 0 spiro atoms. The maximum Gasteiger partial charge on any atom is 0.341 e. The van der Waals surface area contributed by atoms with Crippen LogP contribution < -0.4 is 5.32 Å². The second kappa shape index (κ2) is 6.09. The van der Waals surface area contributed by atoms with Gasteiger partial charge in [0.25, 0.3) is 0 Å². The number of rotatable bonds is 5. The molecule has 0 radical (unpaired) electrons. The highest BCUT2D eigenvalue weighted by molar-refractivity contribution is 6.04. The predicted octanol–water partition coefficient (Wildman–Crippen LogP) is 2.56. The summed E-state index contributed by atoms with van der Waals surface area (Å²) in [6.45, 7) is 2.32. The Hall–Kier alpha value is -2.08. The molecule has 2 aromatic rings. The largest absolute Gasteiger partial charge is 0.462 e. The summed E-state index contributed by atoms with van der Waals surface area (Å²) < 4.78 is 5.20. The van der Waals surface area contributed by atoms with E-state index >= 15 is 0 Å². The molecule has 1 unspecified atom stereocenters. The van der Waals surface area contributed by atoms with Gasteiger partial charge in [-0.2, -0.15) is 0 Å². The third-order valence-electron chi connectivity index (χ3n) is 5.69. The van der Waals surface area contributed by atoms with Crippen molar-refractivity contribution in [1.82, 2.24) is 9.97 Å². The van der Waals surface area contributed by atoms with Crippen LogP contribution in [0.15, 0.2) is 18.5 Å². The van der Waals surface area contributed by atoms with Gasteiger partial charge in [0.05, 0.1) is 12.3 Å². The van der Waals surface area contributed by atoms with Gasteiger partial charge in [-0.05, 0) is 44.1 Å². The fourth-order valence-electron chi connectivity index (χ4n) is 4.59. The monoisotopic (exact) mass is 329 g/mol. The van der Waals surface area contributed by atoms with E-state index in [-0.39, 0.29) is 24.5 Å². The number of carbonyl (C=O) groups is 1. The number of ether oxygens (including phenoxy) is 1. The number of aliphatic hydroxyl groups excluding tert-OH is 1. The Morgan fingerprint density at radius 1 is 1.46 bits per heavy atom. The van der Waals surface area contributed by atoms with E-state index in [1.54, 1.807) is 13.1 Å². The number of aliphatic hydroxyl groups is 1. The third kappa shape index (κ3) is 2.36. The summed E-state index contributed by atoms with van der Waals surface area (Å²) in [5, 5.41) is 14.3. The van der Waals surface area contributed by atoms with Gasteiger partial charge in [-0.15, -0.1) is 0 Å². The van der Waals surface area contributed by atoms with E-state index in [1.165, 1.54) is 19.3 Å². The standard InChI is InChI=1S/C18H23N3O3/c1-2-24-18(23)13-8-20-17-12(5-6-19-17)16(13)21-15-11-4-3-10(7-11)14(15)9-22/h5-6,8,10-11,14-15,22H,2-4,7,9H2,1H3,(H2,19,20,21)/t10-,11?,14+,15+/m0/s1. The predicted molar refractivity (Wildman–Crippen MR) is 90.9 cm³/mol. The Kier molecular flexibility index (Phi) is 3.92. The number of hydrogen-bond acceptors (Lipinski definition) is 5. The van der Waals surface area contributed by atoms with E-state index < -0.39 is 0 Å². The Balaban J connectivity index is 1.73. The van der Waals surface area contributed by atoms with Crippen LogP contribution in [0.25, 0.3) is 11.0 Å². The molecule has 24 heavy (non-hydrogen) atoms. The number of aromatic nitrogens is 2. The number of nitrogens with zero attached hydrogens (tertiary/aromatic N) is 1. The van der Waals surface area contributed by atoms with Crippen molar-refractivity contribution in [3.63, 3.8) is 0 Å². The van der Waals surface area contributed by atoms with Crippen LogP contribution in [-0.2, 0) is 4.74 Å². The molecule has 6 heteroatoms. The van der Waals surface area contributed by atoms with Crippen LogP contribution in [0.3, 0.4) is 0 Å². The van der Waals surface area contributed by atoms with Crippen molar-refractivity contribution >= 4 is 22.7 Å². The smallest absolute Gasteiger partial charge is 0.341 e. The molecular weight excluding hydrogens is 306 g/mol. The van der Waals surface area contributed by atoms with Crippen molar-refractivity contribution in [2.45, 2.75) is 32.2 Å². The zero-order valence-electron chi connectivity index (χ0n) is 13.8. The summed E-state index contributed by atoms with van der Waals surface area (Å²) in [5.41, 5.74) is 1.98. The number of hydrogen-bond donors (Lipinski definition) is 3. The van der Waals surface area contributed by atoms with Crippen molar-refractivity contribution in [2.24, 2.45) is 17.8 Å². The maximum atomic E-state index is 12.4. The number of nitrogens with one attached hydrogen (secondary N) is 2. The lowest BCUT2D eigenvalue weighted by molar-refractivity contribution is 0.0527. The van der Waals surface area contributed by atoms with Crippen molar-refractivity contribution in [2.75, 3.05) is 18.5 Å². The van der Waals surface area contributed by atoms with Gasteiger partial charge >= 0.3 is 5.97 Å². The number of anilines is 1. The summed E-state index contributed by atoms with van der Waals surface area (Å²) >= 11 is 0. The first-order chi connectivity index (χ1) is 11.7. The average molecular weight is 329 g/mol. The molecule has 2 heterocycles. The van der Waals surface area contributed by atoms with Crippen molar-refractivity contribution in [3.05, 3.63) is 24.0 Å². The molecule has 128 valence electrons. The molecule has 4 rings (SSSR count). The van der Waals surface area contributed by atoms with Gasteiger partial charge in [0.1, 0.15) is 11.2 Å². The van der Waals surface area contributed by atoms with Gasteiger partial charge in [0.15, 0.2) is 0 Å². The second-order valence-corrected chi connectivity index (χ2v) is 6.86. The molecule has 0 amide bonds. The number of esters is 1. The van der Waals surface area contributed by atoms with Gasteiger partial charge in [0.2, 0.25) is 0 Å². The first kappa shape index (κ1) is 15.4. The number of fused-ring (bicyclic) bond motifs is 3. The Morgan fingerprint density at radius 3 is 3.08 bits per heavy atom. The molecule has 2 aliphatic carbocycles. The number of aromatic amines is 1. The average Bonchev–Trinajstić information content (AvgIpc) is 3.30. The molecule has 2 fully saturated rings. The highest BCUT2D eigenvalue weighted by atomic mass is 16.5. The summed E-state index contributed by atoms with van der Waals surface area (Å²) in [4.78, 5) is 19.8. The summed E-state index contributed by atoms with van der Waals surface area (Å²) in [6.07, 6.45) is 6.95. The number of pyridine rings is 1. The molecule has 0 aromatic carbocycles. The van der Waals surface area contributed by atoms with Crippen LogP contribution in [0.5, 0.6) is 0 Å². The molecule has 2 aromatic heterocycles. The van der Waals surface area contributed by atoms with Crippen LogP contribution in [0.2, 0.25) is 0 Å². The van der Waals surface area contributed by atoms with Crippen molar-refractivity contribution < 1.29 is 14.6 Å². The Labute approximate surface area is 140 Å². The topological polar surface area (TPSA) is 87.2 Å². The lowest BCUT2D eigenvalue weighted by Gasteiger charge is -2.32. The SMILES string of the molecule is CCOC(=O)c1cnc2[nH]ccc2c1N[C@@H]1C2CC[C@@H](C2)[C@H]1CO. The summed E-state index contributed by atoms with van der Waals surface area (Å²) in [6, 6.07) is 2.12. The minimum absolute atomic E-state index is 0.189. The molecule has 2 bridgehead atoms. The van der Waals surface area contributed by atoms with E-state index in [1.807, 2.05) is 12.3 Å². The maximum absolute atomic E-state index is 12.4. The van der Waals surface area contributed by atoms with Crippen LogP contribution in [-0.4, -0.2) is 40.3 Å². The van der Waals surface area contributed by atoms with Gasteiger partial charge in [-0.1, -0.05) is 0 Å². The molecule has 2 saturated carbocycles. The molecule has 3 N–H and O–H groups in total. The first-order valence-corrected chi connectivity index (χ1v) is 8.73. The zero-order valence-corrected chi connectivity index (χ0v) is 13.8. The molecule has 6 nitrogen and oxygen atoms in total. The lowest BCUT2D eigenvalue weighted by Crippen LogP contribution is -2.37. The van der Waals surface area contributed by atoms with E-state index in [0.717, 1.165) is 16.7 Å². The Morgan fingerprint density at radius 2 is 2.29 bits per heavy atom. The third-order valence-corrected chi connectivity index (χ3v) is 5.69. The lowest BCUT2D eigenvalue weighted by atomic mass is 9.84. The van der Waals surface area contributed by atoms with E-state index in [9.17, 15) is 9.90 Å². The van der Waals surface area contributed by atoms with Gasteiger partial charge in [-0.25, -0.2) is 9.78 Å². The van der Waals surface area contributed by atoms with Crippen LogP contribution in [0, 0.1) is 17.8 Å². The fourth-order valence-corrected chi connectivity index (χ4v) is 4.59. The summed E-state index contributed by atoms with van der Waals surface area (Å²) in [5.74, 6) is 1.04. The van der Waals surface area contributed by atoms with E-state index in [0.29, 0.717) is 24.0 Å². The number of H-pyrrole nitrogens is 1. The van der Waals surface area contributed by atoms with Crippen LogP contribution >= 0.6 is 0 Å². The highest BCUT2D eigenvalue weighted by Crippen LogP contribution is 2.49.